The number of nitrogens with zero attached hydrogens (tertiary/aromatic N) is 2. The predicted octanol–water partition coefficient (Wildman–Crippen LogP) is 3.75. The molecule has 1 heterocycles. The lowest BCUT2D eigenvalue weighted by Crippen LogP contribution is -2.42. The van der Waals surface area contributed by atoms with Crippen molar-refractivity contribution in [1.29, 1.82) is 0 Å². The Bertz CT molecular complexity index is 1390. The van der Waals surface area contributed by atoms with Gasteiger partial charge in [-0.15, -0.1) is 0 Å². The second-order valence-electron chi connectivity index (χ2n) is 10.1. The number of carbonyl (C=O) groups is 4. The van der Waals surface area contributed by atoms with Gasteiger partial charge in [-0.1, -0.05) is 54.6 Å². The van der Waals surface area contributed by atoms with E-state index in [1.165, 1.54) is 7.05 Å². The van der Waals surface area contributed by atoms with Crippen LogP contribution in [-0.2, 0) is 9.53 Å². The molecule has 0 atom stereocenters. The zero-order valence-electron chi connectivity index (χ0n) is 23.5. The number of urea groups is 1. The summed E-state index contributed by atoms with van der Waals surface area (Å²) in [6.45, 7) is 2.40. The summed E-state index contributed by atoms with van der Waals surface area (Å²) in [5, 5.41) is 8.45. The minimum absolute atomic E-state index is 0.180. The lowest BCUT2D eigenvalue weighted by atomic mass is 10.0. The average Bonchev–Trinajstić information content (AvgIpc) is 2.98. The topological polar surface area (TPSA) is 146 Å². The van der Waals surface area contributed by atoms with E-state index < -0.39 is 18.0 Å². The maximum atomic E-state index is 12.7. The van der Waals surface area contributed by atoms with E-state index in [0.717, 1.165) is 29.1 Å². The first kappa shape index (κ1) is 30.1. The van der Waals surface area contributed by atoms with Crippen molar-refractivity contribution < 1.29 is 23.9 Å². The van der Waals surface area contributed by atoms with Gasteiger partial charge in [0.15, 0.2) is 0 Å². The number of anilines is 2. The number of hydrogen-bond donors (Lipinski definition) is 4. The highest BCUT2D eigenvalue weighted by molar-refractivity contribution is 5.98. The third-order valence-electron chi connectivity index (χ3n) is 6.94. The molecule has 220 valence electrons. The molecule has 4 rings (SSSR count). The molecule has 5 amide bonds. The number of nitrogens with two attached hydrogens (primary N) is 1. The predicted molar refractivity (Wildman–Crippen MR) is 161 cm³/mol. The second-order valence-corrected chi connectivity index (χ2v) is 10.1. The van der Waals surface area contributed by atoms with E-state index in [1.54, 1.807) is 24.3 Å². The fourth-order valence-corrected chi connectivity index (χ4v) is 4.66. The molecule has 11 heteroatoms. The Morgan fingerprint density at radius 2 is 1.64 bits per heavy atom. The molecule has 0 unspecified atom stereocenters. The third kappa shape index (κ3) is 8.80. The summed E-state index contributed by atoms with van der Waals surface area (Å²) >= 11 is 0. The van der Waals surface area contributed by atoms with Crippen molar-refractivity contribution in [1.82, 2.24) is 15.1 Å². The highest BCUT2D eigenvalue weighted by Crippen LogP contribution is 2.28. The third-order valence-corrected chi connectivity index (χ3v) is 6.94. The molecule has 5 N–H and O–H groups in total. The van der Waals surface area contributed by atoms with E-state index in [9.17, 15) is 19.2 Å². The van der Waals surface area contributed by atoms with Crippen LogP contribution in [0.15, 0.2) is 78.9 Å². The summed E-state index contributed by atoms with van der Waals surface area (Å²) in [5.74, 6) is -0.679. The van der Waals surface area contributed by atoms with Gasteiger partial charge < -0.3 is 30.9 Å². The van der Waals surface area contributed by atoms with Gasteiger partial charge in [-0.2, -0.15) is 0 Å². The van der Waals surface area contributed by atoms with Gasteiger partial charge in [0.1, 0.15) is 12.6 Å². The molecule has 1 aliphatic heterocycles. The highest BCUT2D eigenvalue weighted by Gasteiger charge is 2.23. The highest BCUT2D eigenvalue weighted by atomic mass is 16.6. The molecular formula is C31H36N6O5. The monoisotopic (exact) mass is 572 g/mol. The molecule has 0 radical (unpaired) electrons. The summed E-state index contributed by atoms with van der Waals surface area (Å²) < 4.78 is 5.70. The lowest BCUT2D eigenvalue weighted by molar-refractivity contribution is -0.116. The molecule has 0 spiro atoms. The van der Waals surface area contributed by atoms with Crippen LogP contribution in [0.4, 0.5) is 21.0 Å². The average molecular weight is 573 g/mol. The van der Waals surface area contributed by atoms with Gasteiger partial charge in [0.05, 0.1) is 5.69 Å². The Balaban J connectivity index is 1.17. The van der Waals surface area contributed by atoms with Crippen LogP contribution in [0.5, 0.6) is 0 Å². The summed E-state index contributed by atoms with van der Waals surface area (Å²) in [6, 6.07) is 23.3. The van der Waals surface area contributed by atoms with Gasteiger partial charge in [0, 0.05) is 50.0 Å². The van der Waals surface area contributed by atoms with Crippen molar-refractivity contribution in [2.75, 3.05) is 50.4 Å². The zero-order chi connectivity index (χ0) is 29.9. The number of likely N-dealkylation sites (tertiary alicyclic amines) is 1. The Labute approximate surface area is 245 Å². The maximum absolute atomic E-state index is 12.7. The first-order valence-corrected chi connectivity index (χ1v) is 13.8. The van der Waals surface area contributed by atoms with Gasteiger partial charge in [0.2, 0.25) is 5.91 Å². The Kier molecular flexibility index (Phi) is 10.5. The van der Waals surface area contributed by atoms with Crippen LogP contribution in [0.25, 0.3) is 11.1 Å². The van der Waals surface area contributed by atoms with Gasteiger partial charge in [-0.25, -0.2) is 9.59 Å². The van der Waals surface area contributed by atoms with E-state index >= 15 is 0 Å². The van der Waals surface area contributed by atoms with Crippen molar-refractivity contribution in [2.45, 2.75) is 18.9 Å². The van der Waals surface area contributed by atoms with Gasteiger partial charge in [0.25, 0.3) is 5.91 Å². The molecule has 3 aromatic carbocycles. The summed E-state index contributed by atoms with van der Waals surface area (Å²) in [6.07, 6.45) is 0.755. The molecule has 1 saturated heterocycles. The van der Waals surface area contributed by atoms with E-state index in [4.69, 9.17) is 10.5 Å². The van der Waals surface area contributed by atoms with Crippen LogP contribution in [0.3, 0.4) is 0 Å². The van der Waals surface area contributed by atoms with Crippen molar-refractivity contribution in [2.24, 2.45) is 5.73 Å². The minimum Gasteiger partial charge on any atom is -0.446 e. The molecule has 3 aromatic rings. The van der Waals surface area contributed by atoms with E-state index in [2.05, 4.69) is 20.9 Å². The Morgan fingerprint density at radius 1 is 0.929 bits per heavy atom. The molecule has 1 aliphatic rings. The lowest BCUT2D eigenvalue weighted by Gasteiger charge is -2.31. The molecule has 0 aromatic heterocycles. The largest absolute Gasteiger partial charge is 0.446 e. The maximum Gasteiger partial charge on any atom is 0.411 e. The van der Waals surface area contributed by atoms with Gasteiger partial charge >= 0.3 is 12.1 Å². The van der Waals surface area contributed by atoms with Crippen LogP contribution in [0.1, 0.15) is 23.2 Å². The fourth-order valence-electron chi connectivity index (χ4n) is 4.66. The van der Waals surface area contributed by atoms with Crippen molar-refractivity contribution in [3.63, 3.8) is 0 Å². The van der Waals surface area contributed by atoms with Crippen molar-refractivity contribution >= 4 is 35.3 Å². The van der Waals surface area contributed by atoms with Gasteiger partial charge in [-0.3, -0.25) is 14.9 Å². The van der Waals surface area contributed by atoms with E-state index in [0.29, 0.717) is 42.9 Å². The van der Waals surface area contributed by atoms with Crippen LogP contribution in [0.2, 0.25) is 0 Å². The van der Waals surface area contributed by atoms with E-state index in [1.807, 2.05) is 54.6 Å². The molecule has 0 bridgehead atoms. The standard InChI is InChI=1S/C31H36N6O5/c1-36(30(32)40)21-28(38)34-24-11-7-10-23(20-24)29(39)33-16-19-37-17-14-25(15-18-37)42-31(41)35-27-13-6-5-12-26(27)22-8-3-2-4-9-22/h2-13,20,25H,14-19,21H2,1H3,(H2,32,40)(H,33,39)(H,34,38)(H,35,41). The number of ether oxygens (including phenoxy) is 1. The molecule has 11 nitrogen and oxygen atoms in total. The normalized spacial score (nSPS) is 13.5. The smallest absolute Gasteiger partial charge is 0.411 e. The van der Waals surface area contributed by atoms with Crippen LogP contribution >= 0.6 is 0 Å². The first-order valence-electron chi connectivity index (χ1n) is 13.8. The second kappa shape index (κ2) is 14.6. The number of carbonyl (C=O) groups excluding carboxylic acids is 4. The number of nitrogens with one attached hydrogen (secondary N) is 3. The number of amides is 5. The number of benzene rings is 3. The molecule has 1 fully saturated rings. The van der Waals surface area contributed by atoms with Crippen molar-refractivity contribution in [3.05, 3.63) is 84.4 Å². The first-order chi connectivity index (χ1) is 20.3. The Hall–Kier alpha value is -4.90. The molecule has 42 heavy (non-hydrogen) atoms. The summed E-state index contributed by atoms with van der Waals surface area (Å²) in [4.78, 5) is 51.8. The van der Waals surface area contributed by atoms with Crippen LogP contribution in [0, 0.1) is 0 Å². The summed E-state index contributed by atoms with van der Waals surface area (Å²) in [7, 11) is 1.42. The SMILES string of the molecule is CN(CC(=O)Nc1cccc(C(=O)NCCN2CCC(OC(=O)Nc3ccccc3-c3ccccc3)CC2)c1)C(N)=O. The van der Waals surface area contributed by atoms with Crippen LogP contribution < -0.4 is 21.7 Å². The van der Waals surface area contributed by atoms with Crippen molar-refractivity contribution in [3.8, 4) is 11.1 Å². The minimum atomic E-state index is -0.707. The number of para-hydroxylation sites is 1. The Morgan fingerprint density at radius 3 is 2.38 bits per heavy atom. The zero-order valence-corrected chi connectivity index (χ0v) is 23.5. The summed E-state index contributed by atoms with van der Waals surface area (Å²) in [5.41, 5.74) is 8.63. The number of piperidine rings is 1. The van der Waals surface area contributed by atoms with E-state index in [-0.39, 0.29) is 18.6 Å². The molecule has 0 aliphatic carbocycles. The van der Waals surface area contributed by atoms with Crippen LogP contribution in [-0.4, -0.2) is 79.6 Å². The number of rotatable bonds is 10. The quantitative estimate of drug-likeness (QED) is 0.291. The number of primary amides is 1. The fraction of sp³-hybridized carbons (Fsp3) is 0.290. The molecule has 0 saturated carbocycles. The number of likely N-dealkylation sites (N-methyl/N-ethyl adjacent to an activating group) is 1. The van der Waals surface area contributed by atoms with Gasteiger partial charge in [-0.05, 0) is 42.7 Å². The number of hydrogen-bond acceptors (Lipinski definition) is 6. The molecular weight excluding hydrogens is 536 g/mol.